The molecule has 1 amide bonds. The molecule has 2 aromatic carbocycles. The van der Waals surface area contributed by atoms with E-state index in [2.05, 4.69) is 40.3 Å². The van der Waals surface area contributed by atoms with E-state index in [-0.39, 0.29) is 18.7 Å². The SMILES string of the molecule is CCC1CN2CCC1CC2C(NC(=O)Cc1ccc2c(c1)OCO2)c1ccnc2ccccc12. The van der Waals surface area contributed by atoms with Gasteiger partial charge in [0.1, 0.15) is 0 Å². The van der Waals surface area contributed by atoms with Crippen molar-refractivity contribution in [2.24, 2.45) is 11.8 Å². The number of para-hydroxylation sites is 1. The minimum atomic E-state index is -0.0741. The second-order valence-electron chi connectivity index (χ2n) is 9.84. The molecule has 2 bridgehead atoms. The van der Waals surface area contributed by atoms with E-state index in [1.165, 1.54) is 12.8 Å². The van der Waals surface area contributed by atoms with Gasteiger partial charge in [0.15, 0.2) is 11.5 Å². The monoisotopic (exact) mass is 457 g/mol. The third kappa shape index (κ3) is 3.90. The van der Waals surface area contributed by atoms with E-state index in [4.69, 9.17) is 9.47 Å². The number of hydrogen-bond acceptors (Lipinski definition) is 5. The molecule has 1 N–H and O–H groups in total. The standard InChI is InChI=1S/C28H31N3O3/c1-2-19-16-31-12-10-20(19)15-24(31)28(22-9-11-29-23-6-4-3-5-21(22)23)30-27(32)14-18-7-8-25-26(13-18)34-17-33-25/h3-9,11,13,19-20,24,28H,2,10,12,14-17H2,1H3,(H,30,32). The Morgan fingerprint density at radius 1 is 1.18 bits per heavy atom. The lowest BCUT2D eigenvalue weighted by molar-refractivity contribution is -0.122. The predicted octanol–water partition coefficient (Wildman–Crippen LogP) is 4.48. The minimum Gasteiger partial charge on any atom is -0.454 e. The molecule has 0 spiro atoms. The Bertz CT molecular complexity index is 1210. The smallest absolute Gasteiger partial charge is 0.231 e. The summed E-state index contributed by atoms with van der Waals surface area (Å²) in [5.74, 6) is 2.98. The van der Waals surface area contributed by atoms with Gasteiger partial charge in [-0.15, -0.1) is 0 Å². The molecule has 5 unspecified atom stereocenters. The van der Waals surface area contributed by atoms with Gasteiger partial charge in [0.25, 0.3) is 0 Å². The van der Waals surface area contributed by atoms with Gasteiger partial charge in [-0.2, -0.15) is 0 Å². The molecule has 7 rings (SSSR count). The van der Waals surface area contributed by atoms with Crippen molar-refractivity contribution >= 4 is 16.8 Å². The van der Waals surface area contributed by atoms with Gasteiger partial charge in [0, 0.05) is 24.2 Å². The summed E-state index contributed by atoms with van der Waals surface area (Å²) in [6.45, 7) is 4.79. The zero-order chi connectivity index (χ0) is 23.1. The average molecular weight is 458 g/mol. The lowest BCUT2D eigenvalue weighted by Gasteiger charge is -2.52. The lowest BCUT2D eigenvalue weighted by Crippen LogP contribution is -2.57. The molecule has 176 valence electrons. The van der Waals surface area contributed by atoms with Crippen LogP contribution in [-0.4, -0.2) is 41.7 Å². The van der Waals surface area contributed by atoms with Gasteiger partial charge in [-0.3, -0.25) is 14.7 Å². The van der Waals surface area contributed by atoms with Crippen molar-refractivity contribution in [1.29, 1.82) is 0 Å². The molecule has 0 aliphatic carbocycles. The third-order valence-corrected chi connectivity index (χ3v) is 7.98. The minimum absolute atomic E-state index is 0.0273. The van der Waals surface area contributed by atoms with Gasteiger partial charge < -0.3 is 14.8 Å². The van der Waals surface area contributed by atoms with E-state index in [1.807, 2.05) is 36.5 Å². The fourth-order valence-corrected chi connectivity index (χ4v) is 6.22. The van der Waals surface area contributed by atoms with E-state index in [9.17, 15) is 4.79 Å². The summed E-state index contributed by atoms with van der Waals surface area (Å²) in [5, 5.41) is 4.57. The van der Waals surface area contributed by atoms with Gasteiger partial charge in [-0.1, -0.05) is 37.6 Å². The largest absolute Gasteiger partial charge is 0.454 e. The summed E-state index contributed by atoms with van der Waals surface area (Å²) in [7, 11) is 0. The van der Waals surface area contributed by atoms with Gasteiger partial charge in [-0.25, -0.2) is 0 Å². The molecule has 6 heteroatoms. The maximum atomic E-state index is 13.4. The normalized spacial score (nSPS) is 25.9. The quantitative estimate of drug-likeness (QED) is 0.591. The number of fused-ring (bicyclic) bond motifs is 5. The Morgan fingerprint density at radius 2 is 2.06 bits per heavy atom. The van der Waals surface area contributed by atoms with Crippen molar-refractivity contribution in [2.45, 2.75) is 44.7 Å². The molecule has 6 nitrogen and oxygen atoms in total. The number of ether oxygens (including phenoxy) is 2. The highest BCUT2D eigenvalue weighted by molar-refractivity contribution is 5.84. The van der Waals surface area contributed by atoms with Crippen LogP contribution in [0.3, 0.4) is 0 Å². The molecule has 0 saturated carbocycles. The van der Waals surface area contributed by atoms with Gasteiger partial charge in [0.05, 0.1) is 18.0 Å². The van der Waals surface area contributed by atoms with Gasteiger partial charge >= 0.3 is 0 Å². The Hall–Kier alpha value is -3.12. The Labute approximate surface area is 200 Å². The van der Waals surface area contributed by atoms with Crippen LogP contribution in [0.1, 0.15) is 43.4 Å². The van der Waals surface area contributed by atoms with E-state index in [1.54, 1.807) is 0 Å². The summed E-state index contributed by atoms with van der Waals surface area (Å²) in [6.07, 6.45) is 5.81. The fraction of sp³-hybridized carbons (Fsp3) is 0.429. The van der Waals surface area contributed by atoms with Gasteiger partial charge in [-0.05, 0) is 66.6 Å². The number of carbonyl (C=O) groups is 1. The molecule has 34 heavy (non-hydrogen) atoms. The van der Waals surface area contributed by atoms with Crippen molar-refractivity contribution < 1.29 is 14.3 Å². The fourth-order valence-electron chi connectivity index (χ4n) is 6.22. The predicted molar refractivity (Wildman–Crippen MR) is 131 cm³/mol. The molecule has 3 fully saturated rings. The van der Waals surface area contributed by atoms with Crippen LogP contribution in [0.25, 0.3) is 10.9 Å². The van der Waals surface area contributed by atoms with Crippen LogP contribution in [-0.2, 0) is 11.2 Å². The Morgan fingerprint density at radius 3 is 2.91 bits per heavy atom. The van der Waals surface area contributed by atoms with Crippen LogP contribution >= 0.6 is 0 Å². The zero-order valence-corrected chi connectivity index (χ0v) is 19.6. The van der Waals surface area contributed by atoms with Crippen molar-refractivity contribution in [1.82, 2.24) is 15.2 Å². The maximum absolute atomic E-state index is 13.4. The van der Waals surface area contributed by atoms with Crippen LogP contribution < -0.4 is 14.8 Å². The summed E-state index contributed by atoms with van der Waals surface area (Å²) >= 11 is 0. The van der Waals surface area contributed by atoms with E-state index in [0.717, 1.165) is 59.1 Å². The summed E-state index contributed by atoms with van der Waals surface area (Å²) in [6, 6.07) is 16.3. The summed E-state index contributed by atoms with van der Waals surface area (Å²) < 4.78 is 10.9. The summed E-state index contributed by atoms with van der Waals surface area (Å²) in [4.78, 5) is 20.6. The number of piperidine rings is 3. The molecule has 5 heterocycles. The molecule has 4 aliphatic heterocycles. The molecular weight excluding hydrogens is 426 g/mol. The number of rotatable bonds is 6. The second-order valence-corrected chi connectivity index (χ2v) is 9.84. The first kappa shape index (κ1) is 21.4. The number of aromatic nitrogens is 1. The topological polar surface area (TPSA) is 63.7 Å². The first-order chi connectivity index (χ1) is 16.7. The average Bonchev–Trinajstić information content (AvgIpc) is 3.35. The number of carbonyl (C=O) groups excluding carboxylic acids is 1. The molecular formula is C28H31N3O3. The number of amides is 1. The highest BCUT2D eigenvalue weighted by atomic mass is 16.7. The number of hydrogen-bond donors (Lipinski definition) is 1. The van der Waals surface area contributed by atoms with E-state index < -0.39 is 0 Å². The summed E-state index contributed by atoms with van der Waals surface area (Å²) in [5.41, 5.74) is 3.06. The molecule has 3 saturated heterocycles. The highest BCUT2D eigenvalue weighted by Gasteiger charge is 2.43. The van der Waals surface area contributed by atoms with Crippen LogP contribution in [0.4, 0.5) is 0 Å². The first-order valence-electron chi connectivity index (χ1n) is 12.4. The molecule has 5 atom stereocenters. The van der Waals surface area contributed by atoms with Crippen LogP contribution in [0, 0.1) is 11.8 Å². The number of nitrogens with zero attached hydrogens (tertiary/aromatic N) is 2. The van der Waals surface area contributed by atoms with Crippen LogP contribution in [0.2, 0.25) is 0 Å². The zero-order valence-electron chi connectivity index (χ0n) is 19.6. The highest BCUT2D eigenvalue weighted by Crippen LogP contribution is 2.42. The molecule has 0 radical (unpaired) electrons. The van der Waals surface area contributed by atoms with Crippen molar-refractivity contribution in [3.05, 3.63) is 65.9 Å². The Kier molecular flexibility index (Phi) is 5.61. The van der Waals surface area contributed by atoms with Crippen molar-refractivity contribution in [3.8, 4) is 11.5 Å². The third-order valence-electron chi connectivity index (χ3n) is 7.98. The van der Waals surface area contributed by atoms with Crippen molar-refractivity contribution in [2.75, 3.05) is 19.9 Å². The van der Waals surface area contributed by atoms with Crippen molar-refractivity contribution in [3.63, 3.8) is 0 Å². The van der Waals surface area contributed by atoms with E-state index >= 15 is 0 Å². The number of benzene rings is 2. The maximum Gasteiger partial charge on any atom is 0.231 e. The van der Waals surface area contributed by atoms with Crippen LogP contribution in [0.5, 0.6) is 11.5 Å². The molecule has 3 aromatic rings. The van der Waals surface area contributed by atoms with Gasteiger partial charge in [0.2, 0.25) is 12.7 Å². The second kappa shape index (κ2) is 8.91. The lowest BCUT2D eigenvalue weighted by atomic mass is 9.72. The molecule has 1 aromatic heterocycles. The molecule has 4 aliphatic rings. The van der Waals surface area contributed by atoms with Crippen LogP contribution in [0.15, 0.2) is 54.7 Å². The number of pyridine rings is 1. The first-order valence-corrected chi connectivity index (χ1v) is 12.4. The Balaban J connectivity index is 1.30. The van der Waals surface area contributed by atoms with E-state index in [0.29, 0.717) is 18.2 Å². The number of nitrogens with one attached hydrogen (secondary N) is 1.